The van der Waals surface area contributed by atoms with Gasteiger partial charge in [-0.2, -0.15) is 0 Å². The summed E-state index contributed by atoms with van der Waals surface area (Å²) in [5.74, 6) is 1.68. The number of aromatic amines is 1. The lowest BCUT2D eigenvalue weighted by molar-refractivity contribution is -0.120. The van der Waals surface area contributed by atoms with Crippen LogP contribution in [0.25, 0.3) is 11.0 Å². The van der Waals surface area contributed by atoms with Crippen molar-refractivity contribution in [1.82, 2.24) is 15.3 Å². The van der Waals surface area contributed by atoms with Crippen LogP contribution in [0.3, 0.4) is 0 Å². The highest BCUT2D eigenvalue weighted by atomic mass is 16.5. The maximum Gasteiger partial charge on any atom is 0.224 e. The molecule has 0 saturated heterocycles. The zero-order valence-electron chi connectivity index (χ0n) is 13.0. The molecule has 5 nitrogen and oxygen atoms in total. The van der Waals surface area contributed by atoms with Gasteiger partial charge in [0.05, 0.1) is 24.6 Å². The number of benzene rings is 2. The van der Waals surface area contributed by atoms with Crippen LogP contribution in [0.4, 0.5) is 0 Å². The third-order valence-corrected chi connectivity index (χ3v) is 3.65. The van der Waals surface area contributed by atoms with Gasteiger partial charge in [0.25, 0.3) is 0 Å². The highest BCUT2D eigenvalue weighted by Gasteiger charge is 2.05. The van der Waals surface area contributed by atoms with Crippen LogP contribution in [0.15, 0.2) is 48.5 Å². The molecule has 0 aliphatic carbocycles. The molecule has 5 heteroatoms. The van der Waals surface area contributed by atoms with E-state index in [1.54, 1.807) is 7.11 Å². The first-order valence-electron chi connectivity index (χ1n) is 7.58. The van der Waals surface area contributed by atoms with Gasteiger partial charge in [-0.05, 0) is 29.8 Å². The largest absolute Gasteiger partial charge is 0.497 e. The Morgan fingerprint density at radius 1 is 1.17 bits per heavy atom. The average Bonchev–Trinajstić information content (AvgIpc) is 2.98. The third-order valence-electron chi connectivity index (χ3n) is 3.65. The van der Waals surface area contributed by atoms with E-state index >= 15 is 0 Å². The van der Waals surface area contributed by atoms with Crippen molar-refractivity contribution in [3.8, 4) is 5.75 Å². The Bertz CT molecular complexity index is 760. The Hall–Kier alpha value is -2.82. The van der Waals surface area contributed by atoms with Gasteiger partial charge in [-0.3, -0.25) is 4.79 Å². The molecular weight excluding hydrogens is 290 g/mol. The van der Waals surface area contributed by atoms with E-state index in [1.165, 1.54) is 0 Å². The summed E-state index contributed by atoms with van der Waals surface area (Å²) in [7, 11) is 1.62. The molecule has 2 aromatic carbocycles. The smallest absolute Gasteiger partial charge is 0.224 e. The molecule has 0 fully saturated rings. The summed E-state index contributed by atoms with van der Waals surface area (Å²) in [5.41, 5.74) is 2.94. The molecular formula is C18H19N3O2. The summed E-state index contributed by atoms with van der Waals surface area (Å²) < 4.78 is 5.10. The van der Waals surface area contributed by atoms with Crippen LogP contribution < -0.4 is 10.1 Å². The number of H-pyrrole nitrogens is 1. The van der Waals surface area contributed by atoms with Crippen LogP contribution in [0.2, 0.25) is 0 Å². The fraction of sp³-hybridized carbons (Fsp3) is 0.222. The van der Waals surface area contributed by atoms with E-state index in [-0.39, 0.29) is 5.91 Å². The molecule has 1 heterocycles. The molecule has 1 aromatic heterocycles. The van der Waals surface area contributed by atoms with E-state index in [0.29, 0.717) is 19.4 Å². The summed E-state index contributed by atoms with van der Waals surface area (Å²) in [4.78, 5) is 19.7. The lowest BCUT2D eigenvalue weighted by Gasteiger charge is -2.05. The molecule has 0 unspecified atom stereocenters. The highest BCUT2D eigenvalue weighted by molar-refractivity contribution is 5.78. The molecule has 0 aliphatic rings. The number of hydrogen-bond acceptors (Lipinski definition) is 3. The van der Waals surface area contributed by atoms with Crippen LogP contribution in [0.5, 0.6) is 5.75 Å². The Morgan fingerprint density at radius 2 is 1.96 bits per heavy atom. The fourth-order valence-corrected chi connectivity index (χ4v) is 2.44. The van der Waals surface area contributed by atoms with Gasteiger partial charge < -0.3 is 15.0 Å². The van der Waals surface area contributed by atoms with Gasteiger partial charge in [0.15, 0.2) is 0 Å². The SMILES string of the molecule is COc1ccc(CC(=O)NCCc2nc3ccccc3[nH]2)cc1. The number of ether oxygens (including phenoxy) is 1. The van der Waals surface area contributed by atoms with Crippen LogP contribution in [0.1, 0.15) is 11.4 Å². The van der Waals surface area contributed by atoms with Gasteiger partial charge in [0, 0.05) is 13.0 Å². The van der Waals surface area contributed by atoms with E-state index in [9.17, 15) is 4.79 Å². The number of carbonyl (C=O) groups is 1. The van der Waals surface area contributed by atoms with E-state index in [1.807, 2.05) is 48.5 Å². The molecule has 0 radical (unpaired) electrons. The molecule has 23 heavy (non-hydrogen) atoms. The summed E-state index contributed by atoms with van der Waals surface area (Å²) in [5, 5.41) is 2.92. The molecule has 0 saturated carbocycles. The normalized spacial score (nSPS) is 10.7. The monoisotopic (exact) mass is 309 g/mol. The quantitative estimate of drug-likeness (QED) is 0.735. The highest BCUT2D eigenvalue weighted by Crippen LogP contribution is 2.12. The number of para-hydroxylation sites is 2. The molecule has 3 rings (SSSR count). The van der Waals surface area contributed by atoms with Crippen LogP contribution >= 0.6 is 0 Å². The second kappa shape index (κ2) is 6.96. The molecule has 0 atom stereocenters. The van der Waals surface area contributed by atoms with Crippen molar-refractivity contribution in [1.29, 1.82) is 0 Å². The van der Waals surface area contributed by atoms with Gasteiger partial charge in [0.2, 0.25) is 5.91 Å². The number of nitrogens with zero attached hydrogens (tertiary/aromatic N) is 1. The minimum atomic E-state index is 0.00581. The molecule has 118 valence electrons. The van der Waals surface area contributed by atoms with Crippen LogP contribution in [0, 0.1) is 0 Å². The van der Waals surface area contributed by atoms with Crippen molar-refractivity contribution < 1.29 is 9.53 Å². The summed E-state index contributed by atoms with van der Waals surface area (Å²) >= 11 is 0. The summed E-state index contributed by atoms with van der Waals surface area (Å²) in [6.07, 6.45) is 1.05. The fourth-order valence-electron chi connectivity index (χ4n) is 2.44. The second-order valence-corrected chi connectivity index (χ2v) is 5.33. The summed E-state index contributed by atoms with van der Waals surface area (Å²) in [6, 6.07) is 15.4. The standard InChI is InChI=1S/C18H19N3O2/c1-23-14-8-6-13(7-9-14)12-18(22)19-11-10-17-20-15-4-2-3-5-16(15)21-17/h2-9H,10-12H2,1H3,(H,19,22)(H,20,21). The number of imidazole rings is 1. The minimum absolute atomic E-state index is 0.00581. The number of fused-ring (bicyclic) bond motifs is 1. The Kier molecular flexibility index (Phi) is 4.57. The summed E-state index contributed by atoms with van der Waals surface area (Å²) in [6.45, 7) is 0.564. The number of amides is 1. The van der Waals surface area contributed by atoms with E-state index < -0.39 is 0 Å². The topological polar surface area (TPSA) is 67.0 Å². The van der Waals surface area contributed by atoms with Crippen molar-refractivity contribution in [3.05, 3.63) is 59.9 Å². The third kappa shape index (κ3) is 3.88. The van der Waals surface area contributed by atoms with Gasteiger partial charge in [-0.1, -0.05) is 24.3 Å². The van der Waals surface area contributed by atoms with Gasteiger partial charge >= 0.3 is 0 Å². The van der Waals surface area contributed by atoms with Gasteiger partial charge in [0.1, 0.15) is 11.6 Å². The predicted octanol–water partition coefficient (Wildman–Crippen LogP) is 2.47. The molecule has 0 aliphatic heterocycles. The van der Waals surface area contributed by atoms with Crippen molar-refractivity contribution in [2.45, 2.75) is 12.8 Å². The Morgan fingerprint density at radius 3 is 2.70 bits per heavy atom. The first-order chi connectivity index (χ1) is 11.2. The molecule has 1 amide bonds. The first kappa shape index (κ1) is 15.1. The van der Waals surface area contributed by atoms with Crippen molar-refractivity contribution in [2.24, 2.45) is 0 Å². The van der Waals surface area contributed by atoms with Crippen LogP contribution in [-0.2, 0) is 17.6 Å². The number of carbonyl (C=O) groups excluding carboxylic acids is 1. The predicted molar refractivity (Wildman–Crippen MR) is 89.5 cm³/mol. The van der Waals surface area contributed by atoms with Gasteiger partial charge in [-0.15, -0.1) is 0 Å². The average molecular weight is 309 g/mol. The Labute approximate surface area is 134 Å². The zero-order valence-corrected chi connectivity index (χ0v) is 13.0. The Balaban J connectivity index is 1.48. The zero-order chi connectivity index (χ0) is 16.1. The molecule has 0 bridgehead atoms. The number of rotatable bonds is 6. The van der Waals surface area contributed by atoms with Crippen molar-refractivity contribution in [2.75, 3.05) is 13.7 Å². The van der Waals surface area contributed by atoms with Crippen molar-refractivity contribution >= 4 is 16.9 Å². The molecule has 2 N–H and O–H groups in total. The number of aromatic nitrogens is 2. The molecule has 3 aromatic rings. The lowest BCUT2D eigenvalue weighted by atomic mass is 10.1. The molecule has 0 spiro atoms. The van der Waals surface area contributed by atoms with E-state index in [0.717, 1.165) is 28.2 Å². The number of methoxy groups -OCH3 is 1. The van der Waals surface area contributed by atoms with Gasteiger partial charge in [-0.25, -0.2) is 4.98 Å². The number of hydrogen-bond donors (Lipinski definition) is 2. The van der Waals surface area contributed by atoms with Crippen molar-refractivity contribution in [3.63, 3.8) is 0 Å². The van der Waals surface area contributed by atoms with E-state index in [2.05, 4.69) is 15.3 Å². The second-order valence-electron chi connectivity index (χ2n) is 5.33. The van der Waals surface area contributed by atoms with Crippen LogP contribution in [-0.4, -0.2) is 29.5 Å². The first-order valence-corrected chi connectivity index (χ1v) is 7.58. The maximum atomic E-state index is 12.0. The maximum absolute atomic E-state index is 12.0. The minimum Gasteiger partial charge on any atom is -0.497 e. The van der Waals surface area contributed by atoms with E-state index in [4.69, 9.17) is 4.74 Å². The number of nitrogens with one attached hydrogen (secondary N) is 2. The lowest BCUT2D eigenvalue weighted by Crippen LogP contribution is -2.27.